The Kier molecular flexibility index (Phi) is 4.71. The third kappa shape index (κ3) is 3.19. The number of piperidine rings is 1. The molecule has 0 unspecified atom stereocenters. The molecule has 3 heterocycles. The van der Waals surface area contributed by atoms with Crippen molar-refractivity contribution >= 4 is 17.3 Å². The van der Waals surface area contributed by atoms with Crippen LogP contribution in [0, 0.1) is 26.7 Å². The summed E-state index contributed by atoms with van der Waals surface area (Å²) in [4.78, 5) is 32.6. The highest BCUT2D eigenvalue weighted by atomic mass is 16.2. The van der Waals surface area contributed by atoms with Crippen LogP contribution in [0.2, 0.25) is 0 Å². The van der Waals surface area contributed by atoms with Crippen molar-refractivity contribution in [3.8, 4) is 0 Å². The van der Waals surface area contributed by atoms with E-state index in [1.165, 1.54) is 0 Å². The van der Waals surface area contributed by atoms with Gasteiger partial charge in [-0.05, 0) is 39.7 Å². The van der Waals surface area contributed by atoms with Crippen molar-refractivity contribution in [2.75, 3.05) is 13.1 Å². The third-order valence-electron chi connectivity index (χ3n) is 5.42. The lowest BCUT2D eigenvalue weighted by Gasteiger charge is -2.32. The third-order valence-corrected chi connectivity index (χ3v) is 5.42. The van der Waals surface area contributed by atoms with Crippen LogP contribution in [0.3, 0.4) is 0 Å². The summed E-state index contributed by atoms with van der Waals surface area (Å²) < 4.78 is 1.73. The van der Waals surface area contributed by atoms with Gasteiger partial charge in [-0.15, -0.1) is 0 Å². The first kappa shape index (κ1) is 18.3. The number of fused-ring (bicyclic) bond motifs is 1. The van der Waals surface area contributed by atoms with E-state index in [1.807, 2.05) is 57.2 Å². The molecule has 1 aliphatic heterocycles. The fraction of sp³-hybridized carbons (Fsp3) is 0.364. The van der Waals surface area contributed by atoms with Gasteiger partial charge in [0, 0.05) is 36.0 Å². The second-order valence-electron chi connectivity index (χ2n) is 7.56. The minimum Gasteiger partial charge on any atom is -0.338 e. The lowest BCUT2D eigenvalue weighted by molar-refractivity contribution is 0.0638. The number of Topliss-reactive ketones (excluding diaryl/α,β-unsaturated/α-hetero) is 1. The van der Waals surface area contributed by atoms with Crippen LogP contribution in [0.25, 0.3) is 5.65 Å². The van der Waals surface area contributed by atoms with Gasteiger partial charge >= 0.3 is 0 Å². The van der Waals surface area contributed by atoms with Crippen molar-refractivity contribution < 1.29 is 9.59 Å². The Morgan fingerprint density at radius 3 is 2.61 bits per heavy atom. The van der Waals surface area contributed by atoms with Crippen molar-refractivity contribution in [2.45, 2.75) is 33.6 Å². The Hall–Kier alpha value is -3.02. The van der Waals surface area contributed by atoms with Gasteiger partial charge in [-0.1, -0.05) is 30.3 Å². The number of nitrogens with zero attached hydrogens (tertiary/aromatic N) is 4. The van der Waals surface area contributed by atoms with Gasteiger partial charge in [0.15, 0.2) is 11.4 Å². The van der Waals surface area contributed by atoms with Gasteiger partial charge in [0.05, 0.1) is 5.69 Å². The van der Waals surface area contributed by atoms with Gasteiger partial charge in [0.25, 0.3) is 5.91 Å². The molecule has 1 saturated heterocycles. The van der Waals surface area contributed by atoms with Crippen LogP contribution in [0.15, 0.2) is 36.4 Å². The topological polar surface area (TPSA) is 67.6 Å². The van der Waals surface area contributed by atoms with Crippen molar-refractivity contribution in [3.05, 3.63) is 64.6 Å². The molecule has 6 nitrogen and oxygen atoms in total. The summed E-state index contributed by atoms with van der Waals surface area (Å²) in [5, 5.41) is 4.51. The first-order valence-corrected chi connectivity index (χ1v) is 9.68. The largest absolute Gasteiger partial charge is 0.338 e. The van der Waals surface area contributed by atoms with Gasteiger partial charge in [-0.25, -0.2) is 9.50 Å². The van der Waals surface area contributed by atoms with E-state index in [0.717, 1.165) is 24.2 Å². The second kappa shape index (κ2) is 7.19. The van der Waals surface area contributed by atoms with E-state index in [4.69, 9.17) is 0 Å². The molecular formula is C22H24N4O2. The number of likely N-dealkylation sites (tertiary alicyclic amines) is 1. The average molecular weight is 376 g/mol. The predicted octanol–water partition coefficient (Wildman–Crippen LogP) is 3.39. The fourth-order valence-corrected chi connectivity index (χ4v) is 4.05. The summed E-state index contributed by atoms with van der Waals surface area (Å²) in [5.41, 5.74) is 4.32. The Labute approximate surface area is 164 Å². The molecule has 0 aliphatic carbocycles. The maximum absolute atomic E-state index is 13.3. The first-order chi connectivity index (χ1) is 13.5. The molecule has 4 rings (SSSR count). The molecule has 0 N–H and O–H groups in total. The van der Waals surface area contributed by atoms with Crippen LogP contribution >= 0.6 is 0 Å². The van der Waals surface area contributed by atoms with Crippen molar-refractivity contribution in [3.63, 3.8) is 0 Å². The molecule has 1 fully saturated rings. The number of aromatic nitrogens is 3. The molecule has 0 radical (unpaired) electrons. The standard InChI is InChI=1S/C22H24N4O2/c1-14-12-15(2)26-21(23-14)19(16(3)24-26)22(28)25-11-7-10-18(13-25)20(27)17-8-5-4-6-9-17/h4-6,8-9,12,18H,7,10-11,13H2,1-3H3/t18-/m0/s1. The van der Waals surface area contributed by atoms with E-state index >= 15 is 0 Å². The number of rotatable bonds is 3. The fourth-order valence-electron chi connectivity index (χ4n) is 4.05. The van der Waals surface area contributed by atoms with Gasteiger partial charge < -0.3 is 4.90 Å². The average Bonchev–Trinajstić information content (AvgIpc) is 3.04. The van der Waals surface area contributed by atoms with Gasteiger partial charge in [-0.3, -0.25) is 9.59 Å². The monoisotopic (exact) mass is 376 g/mol. The van der Waals surface area contributed by atoms with Crippen molar-refractivity contribution in [1.82, 2.24) is 19.5 Å². The number of aryl methyl sites for hydroxylation is 3. The number of hydrogen-bond donors (Lipinski definition) is 0. The van der Waals surface area contributed by atoms with Crippen LogP contribution in [0.1, 0.15) is 50.6 Å². The molecule has 6 heteroatoms. The molecular weight excluding hydrogens is 352 g/mol. The quantitative estimate of drug-likeness (QED) is 0.657. The minimum absolute atomic E-state index is 0.0874. The van der Waals surface area contributed by atoms with Crippen molar-refractivity contribution in [1.29, 1.82) is 0 Å². The number of carbonyl (C=O) groups is 2. The van der Waals surface area contributed by atoms with E-state index in [1.54, 1.807) is 9.42 Å². The maximum Gasteiger partial charge on any atom is 0.259 e. The number of ketones is 1. The molecule has 2 aromatic heterocycles. The number of benzene rings is 1. The van der Waals surface area contributed by atoms with Gasteiger partial charge in [-0.2, -0.15) is 5.10 Å². The Morgan fingerprint density at radius 2 is 1.86 bits per heavy atom. The molecule has 1 atom stereocenters. The van der Waals surface area contributed by atoms with Crippen molar-refractivity contribution in [2.24, 2.45) is 5.92 Å². The molecule has 144 valence electrons. The lowest BCUT2D eigenvalue weighted by Crippen LogP contribution is -2.42. The summed E-state index contributed by atoms with van der Waals surface area (Å²) >= 11 is 0. The number of amides is 1. The molecule has 1 amide bonds. The lowest BCUT2D eigenvalue weighted by atomic mass is 9.89. The highest BCUT2D eigenvalue weighted by Gasteiger charge is 2.32. The zero-order valence-electron chi connectivity index (χ0n) is 16.5. The molecule has 0 spiro atoms. The zero-order chi connectivity index (χ0) is 19.8. The van der Waals surface area contributed by atoms with Crippen LogP contribution in [0.4, 0.5) is 0 Å². The minimum atomic E-state index is -0.168. The summed E-state index contributed by atoms with van der Waals surface area (Å²) in [6, 6.07) is 11.3. The van der Waals surface area contributed by atoms with E-state index in [9.17, 15) is 9.59 Å². The molecule has 1 aromatic carbocycles. The smallest absolute Gasteiger partial charge is 0.259 e. The van der Waals surface area contributed by atoms with Crippen LogP contribution < -0.4 is 0 Å². The SMILES string of the molecule is Cc1cc(C)n2nc(C)c(C(=O)N3CCC[C@H](C(=O)c4ccccc4)C3)c2n1. The van der Waals surface area contributed by atoms with Crippen LogP contribution in [-0.4, -0.2) is 44.3 Å². The molecule has 0 bridgehead atoms. The van der Waals surface area contributed by atoms with E-state index < -0.39 is 0 Å². The van der Waals surface area contributed by atoms with Crippen LogP contribution in [-0.2, 0) is 0 Å². The highest BCUT2D eigenvalue weighted by Crippen LogP contribution is 2.25. The van der Waals surface area contributed by atoms with Gasteiger partial charge in [0.1, 0.15) is 5.56 Å². The Bertz CT molecular complexity index is 1060. The molecule has 0 saturated carbocycles. The van der Waals surface area contributed by atoms with E-state index in [2.05, 4.69) is 10.1 Å². The van der Waals surface area contributed by atoms with Crippen LogP contribution in [0.5, 0.6) is 0 Å². The maximum atomic E-state index is 13.3. The van der Waals surface area contributed by atoms with E-state index in [-0.39, 0.29) is 17.6 Å². The summed E-state index contributed by atoms with van der Waals surface area (Å²) in [5.74, 6) is -0.145. The molecule has 3 aromatic rings. The second-order valence-corrected chi connectivity index (χ2v) is 7.56. The number of hydrogen-bond acceptors (Lipinski definition) is 4. The predicted molar refractivity (Wildman–Crippen MR) is 107 cm³/mol. The highest BCUT2D eigenvalue weighted by molar-refractivity contribution is 6.02. The Morgan fingerprint density at radius 1 is 1.11 bits per heavy atom. The Balaban J connectivity index is 1.63. The summed E-state index contributed by atoms with van der Waals surface area (Å²) in [7, 11) is 0. The first-order valence-electron chi connectivity index (χ1n) is 9.68. The van der Waals surface area contributed by atoms with Gasteiger partial charge in [0.2, 0.25) is 0 Å². The molecule has 28 heavy (non-hydrogen) atoms. The normalized spacial score (nSPS) is 17.1. The number of carbonyl (C=O) groups excluding carboxylic acids is 2. The molecule has 1 aliphatic rings. The summed E-state index contributed by atoms with van der Waals surface area (Å²) in [6.07, 6.45) is 1.63. The summed E-state index contributed by atoms with van der Waals surface area (Å²) in [6.45, 7) is 6.80. The van der Waals surface area contributed by atoms with E-state index in [0.29, 0.717) is 35.6 Å². The zero-order valence-corrected chi connectivity index (χ0v) is 16.5.